The minimum Gasteiger partial charge on any atom is -0.397 e. The molecule has 0 saturated heterocycles. The molecule has 0 aliphatic rings. The number of hydrogen-bond acceptors (Lipinski definition) is 2. The molecule has 2 aromatic carbocycles. The fraction of sp³-hybridized carbons (Fsp3) is 0.200. The third kappa shape index (κ3) is 2.78. The van der Waals surface area contributed by atoms with Crippen LogP contribution in [0.15, 0.2) is 24.3 Å². The van der Waals surface area contributed by atoms with Crippen molar-refractivity contribution < 1.29 is 0 Å². The lowest BCUT2D eigenvalue weighted by atomic mass is 9.78. The molecule has 112 valence electrons. The van der Waals surface area contributed by atoms with Gasteiger partial charge in [-0.3, -0.25) is 0 Å². The van der Waals surface area contributed by atoms with Gasteiger partial charge in [0.05, 0.1) is 31.5 Å². The van der Waals surface area contributed by atoms with E-state index in [9.17, 15) is 0 Å². The maximum Gasteiger partial charge on any atom is 0.0824 e. The van der Waals surface area contributed by atoms with E-state index >= 15 is 0 Å². The molecule has 0 aliphatic heterocycles. The van der Waals surface area contributed by atoms with Crippen LogP contribution in [0, 0.1) is 0 Å². The lowest BCUT2D eigenvalue weighted by Gasteiger charge is -2.29. The predicted molar refractivity (Wildman–Crippen MR) is 93.9 cm³/mol. The summed E-state index contributed by atoms with van der Waals surface area (Å²) in [7, 11) is 0. The number of rotatable bonds is 2. The summed E-state index contributed by atoms with van der Waals surface area (Å²) in [5, 5.41) is 1.48. The molecule has 0 unspecified atom stereocenters. The van der Waals surface area contributed by atoms with Gasteiger partial charge in [0.15, 0.2) is 0 Å². The molecule has 0 aromatic heterocycles. The van der Waals surface area contributed by atoms with E-state index in [1.54, 1.807) is 12.1 Å². The van der Waals surface area contributed by atoms with E-state index in [0.29, 0.717) is 31.5 Å². The highest BCUT2D eigenvalue weighted by atomic mass is 35.5. The molecule has 0 amide bonds. The zero-order chi connectivity index (χ0) is 15.9. The molecule has 2 rings (SSSR count). The van der Waals surface area contributed by atoms with Crippen molar-refractivity contribution >= 4 is 57.8 Å². The Kier molecular flexibility index (Phi) is 4.55. The number of benzene rings is 2. The Bertz CT molecular complexity index is 652. The average molecular weight is 364 g/mol. The summed E-state index contributed by atoms with van der Waals surface area (Å²) in [5.74, 6) is 0. The van der Waals surface area contributed by atoms with E-state index in [1.165, 1.54) is 0 Å². The van der Waals surface area contributed by atoms with E-state index in [-0.39, 0.29) is 0 Å². The van der Waals surface area contributed by atoms with E-state index in [4.69, 9.17) is 57.9 Å². The second-order valence-corrected chi connectivity index (χ2v) is 6.80. The molecular weight excluding hydrogens is 350 g/mol. The van der Waals surface area contributed by atoms with Gasteiger partial charge in [-0.2, -0.15) is 0 Å². The standard InChI is InChI=1S/C15H14Cl4N2/c1-15(2,7-3-5-9(20)13(18)11(7)16)8-4-6-10(21)14(19)12(8)17/h3-6H,20-21H2,1-2H3. The molecule has 6 heteroatoms. The van der Waals surface area contributed by atoms with Gasteiger partial charge >= 0.3 is 0 Å². The van der Waals surface area contributed by atoms with E-state index in [2.05, 4.69) is 0 Å². The molecule has 0 atom stereocenters. The van der Waals surface area contributed by atoms with Crippen molar-refractivity contribution in [1.82, 2.24) is 0 Å². The first-order valence-electron chi connectivity index (χ1n) is 6.15. The van der Waals surface area contributed by atoms with Crippen LogP contribution in [0.25, 0.3) is 0 Å². The van der Waals surface area contributed by atoms with Crippen LogP contribution < -0.4 is 11.5 Å². The first kappa shape index (κ1) is 16.6. The van der Waals surface area contributed by atoms with E-state index < -0.39 is 5.41 Å². The van der Waals surface area contributed by atoms with Gasteiger partial charge in [0.2, 0.25) is 0 Å². The third-order valence-corrected chi connectivity index (χ3v) is 5.36. The molecule has 4 N–H and O–H groups in total. The summed E-state index contributed by atoms with van der Waals surface area (Å²) in [6, 6.07) is 7.12. The van der Waals surface area contributed by atoms with Crippen LogP contribution in [-0.4, -0.2) is 0 Å². The van der Waals surface area contributed by atoms with E-state index in [1.807, 2.05) is 26.0 Å². The topological polar surface area (TPSA) is 52.0 Å². The summed E-state index contributed by atoms with van der Waals surface area (Å²) in [4.78, 5) is 0. The summed E-state index contributed by atoms with van der Waals surface area (Å²) >= 11 is 25.0. The molecule has 0 radical (unpaired) electrons. The highest BCUT2D eigenvalue weighted by molar-refractivity contribution is 6.45. The van der Waals surface area contributed by atoms with Gasteiger partial charge in [-0.25, -0.2) is 0 Å². The Morgan fingerprint density at radius 1 is 0.667 bits per heavy atom. The molecule has 0 bridgehead atoms. The summed E-state index contributed by atoms with van der Waals surface area (Å²) in [6.07, 6.45) is 0. The van der Waals surface area contributed by atoms with Gasteiger partial charge in [-0.1, -0.05) is 72.4 Å². The Labute approximate surface area is 143 Å². The van der Waals surface area contributed by atoms with Crippen molar-refractivity contribution in [2.24, 2.45) is 0 Å². The van der Waals surface area contributed by atoms with Gasteiger partial charge < -0.3 is 11.5 Å². The number of anilines is 2. The van der Waals surface area contributed by atoms with Gasteiger partial charge in [-0.05, 0) is 23.3 Å². The average Bonchev–Trinajstić information content (AvgIpc) is 2.41. The van der Waals surface area contributed by atoms with Crippen LogP contribution in [-0.2, 0) is 5.41 Å². The lowest BCUT2D eigenvalue weighted by molar-refractivity contribution is 0.641. The lowest BCUT2D eigenvalue weighted by Crippen LogP contribution is -2.20. The highest BCUT2D eigenvalue weighted by Gasteiger charge is 2.30. The van der Waals surface area contributed by atoms with Crippen LogP contribution >= 0.6 is 46.4 Å². The Hall–Kier alpha value is -0.800. The monoisotopic (exact) mass is 362 g/mol. The van der Waals surface area contributed by atoms with Crippen LogP contribution in [0.1, 0.15) is 25.0 Å². The Morgan fingerprint density at radius 3 is 1.33 bits per heavy atom. The van der Waals surface area contributed by atoms with Crippen LogP contribution in [0.4, 0.5) is 11.4 Å². The van der Waals surface area contributed by atoms with Crippen molar-refractivity contribution in [3.05, 3.63) is 55.5 Å². The Morgan fingerprint density at radius 2 is 1.00 bits per heavy atom. The third-order valence-electron chi connectivity index (χ3n) is 3.57. The van der Waals surface area contributed by atoms with Crippen molar-refractivity contribution in [2.75, 3.05) is 11.5 Å². The summed E-state index contributed by atoms with van der Waals surface area (Å²) in [5.41, 5.74) is 13.5. The maximum atomic E-state index is 6.34. The molecule has 0 saturated carbocycles. The van der Waals surface area contributed by atoms with Crippen molar-refractivity contribution in [2.45, 2.75) is 19.3 Å². The zero-order valence-corrected chi connectivity index (χ0v) is 14.5. The van der Waals surface area contributed by atoms with Gasteiger partial charge in [0.25, 0.3) is 0 Å². The molecule has 2 aromatic rings. The largest absolute Gasteiger partial charge is 0.397 e. The first-order valence-corrected chi connectivity index (χ1v) is 7.67. The quantitative estimate of drug-likeness (QED) is 0.663. The molecule has 21 heavy (non-hydrogen) atoms. The van der Waals surface area contributed by atoms with Gasteiger partial charge in [0.1, 0.15) is 0 Å². The molecule has 0 fully saturated rings. The molecular formula is C15H14Cl4N2. The summed E-state index contributed by atoms with van der Waals surface area (Å²) in [6.45, 7) is 3.96. The smallest absolute Gasteiger partial charge is 0.0824 e. The fourth-order valence-corrected chi connectivity index (χ4v) is 3.39. The molecule has 0 aliphatic carbocycles. The normalized spacial score (nSPS) is 11.7. The van der Waals surface area contributed by atoms with Crippen molar-refractivity contribution in [3.8, 4) is 0 Å². The number of halogens is 4. The highest BCUT2D eigenvalue weighted by Crippen LogP contribution is 2.45. The summed E-state index contributed by atoms with van der Waals surface area (Å²) < 4.78 is 0. The number of nitrogen functional groups attached to an aromatic ring is 2. The van der Waals surface area contributed by atoms with Crippen molar-refractivity contribution in [1.29, 1.82) is 0 Å². The minimum atomic E-state index is -0.511. The second kappa shape index (κ2) is 5.77. The maximum absolute atomic E-state index is 6.34. The number of nitrogens with two attached hydrogens (primary N) is 2. The number of hydrogen-bond donors (Lipinski definition) is 2. The SMILES string of the molecule is CC(C)(c1ccc(N)c(Cl)c1Cl)c1ccc(N)c(Cl)c1Cl. The molecule has 0 heterocycles. The van der Waals surface area contributed by atoms with Crippen LogP contribution in [0.3, 0.4) is 0 Å². The fourth-order valence-electron chi connectivity index (χ4n) is 2.24. The van der Waals surface area contributed by atoms with Crippen molar-refractivity contribution in [3.63, 3.8) is 0 Å². The van der Waals surface area contributed by atoms with Gasteiger partial charge in [-0.15, -0.1) is 0 Å². The first-order chi connectivity index (χ1) is 9.67. The molecule has 0 spiro atoms. The minimum absolute atomic E-state index is 0.333. The Balaban J connectivity index is 2.68. The van der Waals surface area contributed by atoms with E-state index in [0.717, 1.165) is 11.1 Å². The molecule has 2 nitrogen and oxygen atoms in total. The predicted octanol–water partition coefficient (Wildman–Crippen LogP) is 5.79. The zero-order valence-electron chi connectivity index (χ0n) is 11.5. The van der Waals surface area contributed by atoms with Crippen LogP contribution in [0.5, 0.6) is 0 Å². The second-order valence-electron chi connectivity index (χ2n) is 5.29. The van der Waals surface area contributed by atoms with Gasteiger partial charge in [0, 0.05) is 5.41 Å². The van der Waals surface area contributed by atoms with Crippen LogP contribution in [0.2, 0.25) is 20.1 Å².